The number of pyridine rings is 1. The van der Waals surface area contributed by atoms with Crippen LogP contribution in [0.2, 0.25) is 5.02 Å². The third-order valence-corrected chi connectivity index (χ3v) is 4.04. The molecule has 0 atom stereocenters. The molecule has 0 amide bonds. The highest BCUT2D eigenvalue weighted by Gasteiger charge is 2.20. The van der Waals surface area contributed by atoms with Crippen LogP contribution in [0.1, 0.15) is 12.8 Å². The molecule has 19 heavy (non-hydrogen) atoms. The highest BCUT2D eigenvalue weighted by atomic mass is 35.5. The van der Waals surface area contributed by atoms with Crippen LogP contribution in [0.4, 0.5) is 0 Å². The molecule has 0 spiro atoms. The summed E-state index contributed by atoms with van der Waals surface area (Å²) in [6.45, 7) is 2.99. The molecule has 1 N–H and O–H groups in total. The lowest BCUT2D eigenvalue weighted by molar-refractivity contribution is 0.202. The lowest BCUT2D eigenvalue weighted by Crippen LogP contribution is -2.31. The van der Waals surface area contributed by atoms with Crippen molar-refractivity contribution < 1.29 is 5.11 Å². The zero-order valence-electron chi connectivity index (χ0n) is 10.9. The van der Waals surface area contributed by atoms with Crippen LogP contribution in [0.3, 0.4) is 0 Å². The van der Waals surface area contributed by atoms with Crippen molar-refractivity contribution in [3.05, 3.63) is 17.3 Å². The maximum atomic E-state index is 9.97. The summed E-state index contributed by atoms with van der Waals surface area (Å²) in [6.07, 6.45) is 3.84. The Balaban J connectivity index is 1.87. The van der Waals surface area contributed by atoms with Gasteiger partial charge >= 0.3 is 0 Å². The Labute approximate surface area is 116 Å². The van der Waals surface area contributed by atoms with Crippen LogP contribution in [-0.4, -0.2) is 44.7 Å². The monoisotopic (exact) mass is 280 g/mol. The van der Waals surface area contributed by atoms with Crippen molar-refractivity contribution in [1.82, 2.24) is 19.4 Å². The molecule has 6 heteroatoms. The van der Waals surface area contributed by atoms with Gasteiger partial charge in [-0.25, -0.2) is 4.98 Å². The van der Waals surface area contributed by atoms with Gasteiger partial charge in [-0.2, -0.15) is 4.98 Å². The minimum Gasteiger partial charge on any atom is -0.480 e. The van der Waals surface area contributed by atoms with Gasteiger partial charge in [-0.15, -0.1) is 0 Å². The molecule has 1 saturated heterocycles. The molecule has 102 valence electrons. The molecule has 2 aromatic heterocycles. The number of fused-ring (bicyclic) bond motifs is 1. The van der Waals surface area contributed by atoms with E-state index >= 15 is 0 Å². The van der Waals surface area contributed by atoms with Crippen molar-refractivity contribution in [1.29, 1.82) is 0 Å². The predicted molar refractivity (Wildman–Crippen MR) is 74.4 cm³/mol. The molecular formula is C13H17ClN4O. The first-order valence-corrected chi connectivity index (χ1v) is 6.90. The van der Waals surface area contributed by atoms with E-state index in [-0.39, 0.29) is 6.01 Å². The number of rotatable bonds is 2. The van der Waals surface area contributed by atoms with E-state index in [1.807, 2.05) is 10.6 Å². The van der Waals surface area contributed by atoms with Gasteiger partial charge in [0.2, 0.25) is 0 Å². The molecule has 0 bridgehead atoms. The molecule has 2 aromatic rings. The number of nitrogens with zero attached hydrogens (tertiary/aromatic N) is 4. The normalized spacial score (nSPS) is 18.2. The van der Waals surface area contributed by atoms with Crippen molar-refractivity contribution in [3.8, 4) is 6.01 Å². The number of imidazole rings is 1. The topological polar surface area (TPSA) is 54.2 Å². The largest absolute Gasteiger partial charge is 0.480 e. The van der Waals surface area contributed by atoms with Crippen LogP contribution >= 0.6 is 11.6 Å². The van der Waals surface area contributed by atoms with Gasteiger partial charge in [-0.3, -0.25) is 4.57 Å². The summed E-state index contributed by atoms with van der Waals surface area (Å²) in [5.74, 6) is 0.568. The summed E-state index contributed by atoms with van der Waals surface area (Å²) in [4.78, 5) is 10.5. The fourth-order valence-electron chi connectivity index (χ4n) is 2.65. The Morgan fingerprint density at radius 1 is 1.42 bits per heavy atom. The Morgan fingerprint density at radius 2 is 2.16 bits per heavy atom. The SMILES string of the molecule is CN1CCC(Cn2c(O)nc3ncc(Cl)cc32)CC1. The number of likely N-dealkylation sites (tertiary alicyclic amines) is 1. The number of hydrogen-bond donors (Lipinski definition) is 1. The first kappa shape index (κ1) is 12.7. The maximum absolute atomic E-state index is 9.97. The third kappa shape index (κ3) is 2.53. The van der Waals surface area contributed by atoms with E-state index in [0.29, 0.717) is 16.6 Å². The Hall–Kier alpha value is -1.33. The van der Waals surface area contributed by atoms with Crippen LogP contribution in [0.25, 0.3) is 11.2 Å². The fourth-order valence-corrected chi connectivity index (χ4v) is 2.80. The van der Waals surface area contributed by atoms with Crippen molar-refractivity contribution in [3.63, 3.8) is 0 Å². The van der Waals surface area contributed by atoms with Crippen molar-refractivity contribution >= 4 is 22.8 Å². The van der Waals surface area contributed by atoms with Crippen molar-refractivity contribution in [2.24, 2.45) is 5.92 Å². The molecule has 1 fully saturated rings. The minimum atomic E-state index is 0.0312. The van der Waals surface area contributed by atoms with Gasteiger partial charge in [0.25, 0.3) is 6.01 Å². The Bertz CT molecular complexity index is 590. The summed E-state index contributed by atoms with van der Waals surface area (Å²) >= 11 is 5.97. The van der Waals surface area contributed by atoms with E-state index < -0.39 is 0 Å². The first-order valence-electron chi connectivity index (χ1n) is 6.53. The number of aromatic nitrogens is 3. The fraction of sp³-hybridized carbons (Fsp3) is 0.538. The molecule has 1 aliphatic rings. The number of hydrogen-bond acceptors (Lipinski definition) is 4. The minimum absolute atomic E-state index is 0.0312. The lowest BCUT2D eigenvalue weighted by atomic mass is 9.97. The number of halogens is 1. The van der Waals surface area contributed by atoms with E-state index in [0.717, 1.165) is 38.0 Å². The van der Waals surface area contributed by atoms with Crippen LogP contribution in [-0.2, 0) is 6.54 Å². The van der Waals surface area contributed by atoms with Crippen LogP contribution in [0, 0.1) is 5.92 Å². The third-order valence-electron chi connectivity index (χ3n) is 3.83. The zero-order chi connectivity index (χ0) is 13.4. The van der Waals surface area contributed by atoms with Crippen LogP contribution < -0.4 is 0 Å². The van der Waals surface area contributed by atoms with Gasteiger partial charge in [-0.1, -0.05) is 11.6 Å². The molecule has 3 rings (SSSR count). The maximum Gasteiger partial charge on any atom is 0.296 e. The highest BCUT2D eigenvalue weighted by Crippen LogP contribution is 2.26. The van der Waals surface area contributed by atoms with Crippen molar-refractivity contribution in [2.45, 2.75) is 19.4 Å². The van der Waals surface area contributed by atoms with Gasteiger partial charge in [0, 0.05) is 12.7 Å². The second-order valence-corrected chi connectivity index (χ2v) is 5.70. The van der Waals surface area contributed by atoms with Crippen LogP contribution in [0.5, 0.6) is 6.01 Å². The summed E-state index contributed by atoms with van der Waals surface area (Å²) in [6, 6.07) is 1.84. The van der Waals surface area contributed by atoms with Gasteiger partial charge < -0.3 is 10.0 Å². The highest BCUT2D eigenvalue weighted by molar-refractivity contribution is 6.31. The average Bonchev–Trinajstić information content (AvgIpc) is 2.69. The summed E-state index contributed by atoms with van der Waals surface area (Å²) in [5.41, 5.74) is 1.36. The van der Waals surface area contributed by atoms with E-state index in [4.69, 9.17) is 11.6 Å². The molecule has 0 aromatic carbocycles. The molecule has 0 aliphatic carbocycles. The van der Waals surface area contributed by atoms with Gasteiger partial charge in [0.1, 0.15) is 0 Å². The molecule has 0 saturated carbocycles. The first-order chi connectivity index (χ1) is 9.13. The van der Waals surface area contributed by atoms with E-state index in [1.165, 1.54) is 0 Å². The van der Waals surface area contributed by atoms with Gasteiger partial charge in [0.15, 0.2) is 5.65 Å². The summed E-state index contributed by atoms with van der Waals surface area (Å²) < 4.78 is 1.82. The Kier molecular flexibility index (Phi) is 3.33. The van der Waals surface area contributed by atoms with Crippen molar-refractivity contribution in [2.75, 3.05) is 20.1 Å². The number of aromatic hydroxyl groups is 1. The predicted octanol–water partition coefficient (Wildman–Crippen LogP) is 2.13. The molecule has 0 unspecified atom stereocenters. The second kappa shape index (κ2) is 4.98. The molecular weight excluding hydrogens is 264 g/mol. The van der Waals surface area contributed by atoms with E-state index in [1.54, 1.807) is 6.20 Å². The lowest BCUT2D eigenvalue weighted by Gasteiger charge is -2.29. The summed E-state index contributed by atoms with van der Waals surface area (Å²) in [7, 11) is 2.14. The number of piperidine rings is 1. The van der Waals surface area contributed by atoms with E-state index in [9.17, 15) is 5.11 Å². The Morgan fingerprint density at radius 3 is 2.89 bits per heavy atom. The second-order valence-electron chi connectivity index (χ2n) is 5.27. The standard InChI is InChI=1S/C13H17ClN4O/c1-17-4-2-9(3-5-17)8-18-11-6-10(14)7-15-12(11)16-13(18)19/h6-7,9H,2-5,8H2,1H3,(H,15,16,19). The van der Waals surface area contributed by atoms with Gasteiger partial charge in [0.05, 0.1) is 10.5 Å². The summed E-state index contributed by atoms with van der Waals surface area (Å²) in [5, 5.41) is 10.5. The molecule has 1 aliphatic heterocycles. The smallest absolute Gasteiger partial charge is 0.296 e. The zero-order valence-corrected chi connectivity index (χ0v) is 11.6. The van der Waals surface area contributed by atoms with Gasteiger partial charge in [-0.05, 0) is 45.0 Å². The molecule has 3 heterocycles. The quantitative estimate of drug-likeness (QED) is 0.916. The van der Waals surface area contributed by atoms with E-state index in [2.05, 4.69) is 21.9 Å². The average molecular weight is 281 g/mol. The van der Waals surface area contributed by atoms with Crippen LogP contribution in [0.15, 0.2) is 12.3 Å². The molecule has 5 nitrogen and oxygen atoms in total. The molecule has 0 radical (unpaired) electrons.